The average molecular weight is 178 g/mol. The monoisotopic (exact) mass is 178 g/mol. The summed E-state index contributed by atoms with van der Waals surface area (Å²) in [4.78, 5) is 11.5. The van der Waals surface area contributed by atoms with Gasteiger partial charge in [0.2, 0.25) is 0 Å². The van der Waals surface area contributed by atoms with Crippen LogP contribution in [0.2, 0.25) is 0 Å². The predicted octanol–water partition coefficient (Wildman–Crippen LogP) is 1.33. The lowest BCUT2D eigenvalue weighted by molar-refractivity contribution is 0.0764. The topological polar surface area (TPSA) is 46.3 Å². The Morgan fingerprint density at radius 2 is 1.92 bits per heavy atom. The van der Waals surface area contributed by atoms with Gasteiger partial charge >= 0.3 is 0 Å². The Kier molecular flexibility index (Phi) is 3.03. The number of nitrogens with two attached hydrogens (primary N) is 1. The van der Waals surface area contributed by atoms with E-state index in [0.29, 0.717) is 12.1 Å². The van der Waals surface area contributed by atoms with Gasteiger partial charge in [-0.1, -0.05) is 17.7 Å². The third-order valence-electron chi connectivity index (χ3n) is 1.90. The second-order valence-corrected chi connectivity index (χ2v) is 2.96. The molecule has 0 fully saturated rings. The van der Waals surface area contributed by atoms with Crippen molar-refractivity contribution in [2.24, 2.45) is 5.84 Å². The van der Waals surface area contributed by atoms with E-state index in [9.17, 15) is 4.79 Å². The van der Waals surface area contributed by atoms with Crippen molar-refractivity contribution in [2.75, 3.05) is 6.54 Å². The molecule has 0 aliphatic rings. The zero-order valence-electron chi connectivity index (χ0n) is 7.95. The van der Waals surface area contributed by atoms with Crippen LogP contribution in [0.1, 0.15) is 22.8 Å². The van der Waals surface area contributed by atoms with Crippen molar-refractivity contribution in [3.05, 3.63) is 35.4 Å². The molecule has 0 aliphatic carbocycles. The molecular weight excluding hydrogens is 164 g/mol. The van der Waals surface area contributed by atoms with Gasteiger partial charge in [0.15, 0.2) is 0 Å². The number of carbonyl (C=O) groups excluding carboxylic acids is 1. The maximum atomic E-state index is 11.5. The minimum absolute atomic E-state index is 0.137. The molecule has 0 aromatic heterocycles. The Morgan fingerprint density at radius 1 is 1.38 bits per heavy atom. The lowest BCUT2D eigenvalue weighted by Crippen LogP contribution is -2.36. The van der Waals surface area contributed by atoms with E-state index in [0.717, 1.165) is 5.56 Å². The molecule has 1 aromatic carbocycles. The second kappa shape index (κ2) is 4.05. The molecule has 3 nitrogen and oxygen atoms in total. The summed E-state index contributed by atoms with van der Waals surface area (Å²) < 4.78 is 0. The lowest BCUT2D eigenvalue weighted by Gasteiger charge is -2.13. The summed E-state index contributed by atoms with van der Waals surface area (Å²) in [5.74, 6) is 5.33. The van der Waals surface area contributed by atoms with Crippen molar-refractivity contribution >= 4 is 5.91 Å². The molecule has 0 spiro atoms. The number of carbonyl (C=O) groups is 1. The maximum absolute atomic E-state index is 11.5. The molecule has 1 rings (SSSR count). The van der Waals surface area contributed by atoms with Crippen LogP contribution in [0.25, 0.3) is 0 Å². The molecule has 3 heteroatoms. The number of aryl methyl sites for hydroxylation is 1. The molecule has 0 radical (unpaired) electrons. The maximum Gasteiger partial charge on any atom is 0.267 e. The van der Waals surface area contributed by atoms with E-state index in [1.54, 1.807) is 12.1 Å². The van der Waals surface area contributed by atoms with Gasteiger partial charge in [-0.15, -0.1) is 0 Å². The smallest absolute Gasteiger partial charge is 0.267 e. The van der Waals surface area contributed by atoms with Crippen LogP contribution in [0, 0.1) is 6.92 Å². The normalized spacial score (nSPS) is 9.77. The summed E-state index contributed by atoms with van der Waals surface area (Å²) in [5, 5.41) is 1.20. The molecule has 0 unspecified atom stereocenters. The van der Waals surface area contributed by atoms with E-state index in [1.807, 2.05) is 26.0 Å². The van der Waals surface area contributed by atoms with E-state index in [4.69, 9.17) is 5.84 Å². The zero-order chi connectivity index (χ0) is 9.84. The van der Waals surface area contributed by atoms with Crippen molar-refractivity contribution < 1.29 is 4.79 Å². The first-order valence-electron chi connectivity index (χ1n) is 4.28. The summed E-state index contributed by atoms with van der Waals surface area (Å²) in [5.41, 5.74) is 1.77. The van der Waals surface area contributed by atoms with Crippen molar-refractivity contribution in [3.8, 4) is 0 Å². The minimum atomic E-state index is -0.137. The molecular formula is C10H14N2O. The number of nitrogens with zero attached hydrogens (tertiary/aromatic N) is 1. The van der Waals surface area contributed by atoms with Gasteiger partial charge < -0.3 is 0 Å². The van der Waals surface area contributed by atoms with Crippen LogP contribution in [0.15, 0.2) is 24.3 Å². The summed E-state index contributed by atoms with van der Waals surface area (Å²) in [7, 11) is 0. The van der Waals surface area contributed by atoms with Gasteiger partial charge in [-0.05, 0) is 26.0 Å². The fourth-order valence-electron chi connectivity index (χ4n) is 1.01. The molecule has 0 heterocycles. The van der Waals surface area contributed by atoms with Crippen LogP contribution in [-0.2, 0) is 0 Å². The van der Waals surface area contributed by atoms with Crippen molar-refractivity contribution in [1.29, 1.82) is 0 Å². The van der Waals surface area contributed by atoms with E-state index in [2.05, 4.69) is 0 Å². The largest absolute Gasteiger partial charge is 0.277 e. The molecule has 0 saturated heterocycles. The van der Waals surface area contributed by atoms with Gasteiger partial charge in [-0.3, -0.25) is 9.80 Å². The highest BCUT2D eigenvalue weighted by molar-refractivity contribution is 5.93. The molecule has 0 aliphatic heterocycles. The van der Waals surface area contributed by atoms with Crippen LogP contribution in [-0.4, -0.2) is 17.5 Å². The van der Waals surface area contributed by atoms with Crippen molar-refractivity contribution in [1.82, 2.24) is 5.01 Å². The Bertz CT molecular complexity index is 292. The standard InChI is InChI=1S/C10H14N2O/c1-3-12(11)10(13)9-6-4-8(2)5-7-9/h4-7H,3,11H2,1-2H3. The summed E-state index contributed by atoms with van der Waals surface area (Å²) in [6.07, 6.45) is 0. The molecule has 2 N–H and O–H groups in total. The molecule has 1 amide bonds. The molecule has 0 atom stereocenters. The second-order valence-electron chi connectivity index (χ2n) is 2.96. The Hall–Kier alpha value is -1.35. The highest BCUT2D eigenvalue weighted by atomic mass is 16.2. The number of hydrazine groups is 1. The highest BCUT2D eigenvalue weighted by Gasteiger charge is 2.08. The van der Waals surface area contributed by atoms with Crippen LogP contribution in [0.4, 0.5) is 0 Å². The predicted molar refractivity (Wildman–Crippen MR) is 52.1 cm³/mol. The van der Waals surface area contributed by atoms with Crippen LogP contribution < -0.4 is 5.84 Å². The Balaban J connectivity index is 2.83. The summed E-state index contributed by atoms with van der Waals surface area (Å²) in [6.45, 7) is 4.34. The van der Waals surface area contributed by atoms with Gasteiger partial charge in [0.05, 0.1) is 0 Å². The van der Waals surface area contributed by atoms with E-state index in [1.165, 1.54) is 5.01 Å². The number of rotatable bonds is 2. The van der Waals surface area contributed by atoms with Crippen molar-refractivity contribution in [3.63, 3.8) is 0 Å². The number of amides is 1. The Morgan fingerprint density at radius 3 is 2.38 bits per heavy atom. The van der Waals surface area contributed by atoms with Crippen LogP contribution >= 0.6 is 0 Å². The third kappa shape index (κ3) is 2.29. The first-order valence-corrected chi connectivity index (χ1v) is 4.28. The van der Waals surface area contributed by atoms with Crippen LogP contribution in [0.5, 0.6) is 0 Å². The first-order chi connectivity index (χ1) is 6.15. The molecule has 70 valence electrons. The van der Waals surface area contributed by atoms with Gasteiger partial charge in [0.25, 0.3) is 5.91 Å². The Labute approximate surface area is 78.1 Å². The van der Waals surface area contributed by atoms with Gasteiger partial charge in [-0.2, -0.15) is 0 Å². The SMILES string of the molecule is CCN(N)C(=O)c1ccc(C)cc1. The highest BCUT2D eigenvalue weighted by Crippen LogP contribution is 2.04. The molecule has 0 saturated carbocycles. The fraction of sp³-hybridized carbons (Fsp3) is 0.300. The van der Waals surface area contributed by atoms with E-state index in [-0.39, 0.29) is 5.91 Å². The van der Waals surface area contributed by atoms with E-state index >= 15 is 0 Å². The molecule has 13 heavy (non-hydrogen) atoms. The van der Waals surface area contributed by atoms with Gasteiger partial charge in [0, 0.05) is 12.1 Å². The van der Waals surface area contributed by atoms with Crippen LogP contribution in [0.3, 0.4) is 0 Å². The minimum Gasteiger partial charge on any atom is -0.277 e. The zero-order valence-corrected chi connectivity index (χ0v) is 7.95. The lowest BCUT2D eigenvalue weighted by atomic mass is 10.1. The third-order valence-corrected chi connectivity index (χ3v) is 1.90. The number of hydrogen-bond donors (Lipinski definition) is 1. The van der Waals surface area contributed by atoms with Gasteiger partial charge in [-0.25, -0.2) is 5.84 Å². The average Bonchev–Trinajstić information content (AvgIpc) is 2.17. The van der Waals surface area contributed by atoms with Crippen molar-refractivity contribution in [2.45, 2.75) is 13.8 Å². The molecule has 0 bridgehead atoms. The van der Waals surface area contributed by atoms with Gasteiger partial charge in [0.1, 0.15) is 0 Å². The quantitative estimate of drug-likeness (QED) is 0.422. The molecule has 1 aromatic rings. The van der Waals surface area contributed by atoms with E-state index < -0.39 is 0 Å². The number of benzene rings is 1. The fourth-order valence-corrected chi connectivity index (χ4v) is 1.01. The first kappa shape index (κ1) is 9.74. The summed E-state index contributed by atoms with van der Waals surface area (Å²) >= 11 is 0. The number of hydrogen-bond acceptors (Lipinski definition) is 2. The summed E-state index contributed by atoms with van der Waals surface area (Å²) in [6, 6.07) is 7.37.